The van der Waals surface area contributed by atoms with Crippen LogP contribution in [0.4, 0.5) is 0 Å². The molecule has 0 radical (unpaired) electrons. The van der Waals surface area contributed by atoms with E-state index in [1.807, 2.05) is 18.2 Å². The molecule has 0 aromatic heterocycles. The third-order valence-electron chi connectivity index (χ3n) is 5.03. The summed E-state index contributed by atoms with van der Waals surface area (Å²) in [5.74, 6) is 1.27. The van der Waals surface area contributed by atoms with Crippen LogP contribution in [0.1, 0.15) is 18.4 Å². The van der Waals surface area contributed by atoms with E-state index < -0.39 is 6.10 Å². The Morgan fingerprint density at radius 1 is 1.08 bits per heavy atom. The van der Waals surface area contributed by atoms with Crippen LogP contribution in [0.2, 0.25) is 0 Å². The predicted octanol–water partition coefficient (Wildman–Crippen LogP) is 0.0681. The van der Waals surface area contributed by atoms with Gasteiger partial charge >= 0.3 is 0 Å². The first-order valence-corrected chi connectivity index (χ1v) is 9.32. The molecule has 2 fully saturated rings. The van der Waals surface area contributed by atoms with Gasteiger partial charge in [-0.25, -0.2) is 0 Å². The van der Waals surface area contributed by atoms with Gasteiger partial charge in [-0.2, -0.15) is 0 Å². The summed E-state index contributed by atoms with van der Waals surface area (Å²) >= 11 is 0. The molecule has 0 unspecified atom stereocenters. The van der Waals surface area contributed by atoms with E-state index in [4.69, 9.17) is 9.47 Å². The number of rotatable bonds is 8. The Bertz CT molecular complexity index is 571. The standard InChI is InChI=1S/C19H30N2O5/c1-25-19-8-14(9-21-10-16(23)11-21)2-3-18(19)26-13-17(24)12-20-6-4-15(22)5-7-20/h2-3,8,15-17,22-24H,4-7,9-13H2,1H3/t17-/m0/s1. The molecule has 0 aliphatic carbocycles. The number of aliphatic hydroxyl groups is 3. The molecule has 0 spiro atoms. The van der Waals surface area contributed by atoms with Crippen LogP contribution in [-0.4, -0.2) is 89.9 Å². The van der Waals surface area contributed by atoms with Gasteiger partial charge in [0.25, 0.3) is 0 Å². The Kier molecular flexibility index (Phi) is 6.72. The lowest BCUT2D eigenvalue weighted by Gasteiger charge is -2.35. The molecular weight excluding hydrogens is 336 g/mol. The molecule has 1 atom stereocenters. The number of piperidine rings is 1. The van der Waals surface area contributed by atoms with E-state index >= 15 is 0 Å². The van der Waals surface area contributed by atoms with E-state index in [1.165, 1.54) is 0 Å². The zero-order valence-electron chi connectivity index (χ0n) is 15.4. The van der Waals surface area contributed by atoms with E-state index in [1.54, 1.807) is 7.11 Å². The second-order valence-electron chi connectivity index (χ2n) is 7.33. The minimum atomic E-state index is -0.586. The highest BCUT2D eigenvalue weighted by molar-refractivity contribution is 5.43. The van der Waals surface area contributed by atoms with Crippen LogP contribution in [0.25, 0.3) is 0 Å². The molecule has 7 nitrogen and oxygen atoms in total. The first kappa shape index (κ1) is 19.4. The average molecular weight is 366 g/mol. The summed E-state index contributed by atoms with van der Waals surface area (Å²) in [6.45, 7) is 4.55. The molecule has 0 saturated carbocycles. The molecule has 3 rings (SSSR count). The van der Waals surface area contributed by atoms with Crippen LogP contribution < -0.4 is 9.47 Å². The zero-order valence-corrected chi connectivity index (χ0v) is 15.4. The fourth-order valence-electron chi connectivity index (χ4n) is 3.50. The smallest absolute Gasteiger partial charge is 0.161 e. The number of β-amino-alcohol motifs (C(OH)–C–C–N with tert-alkyl or cyclic N) is 2. The predicted molar refractivity (Wildman–Crippen MR) is 97.5 cm³/mol. The van der Waals surface area contributed by atoms with Crippen molar-refractivity contribution in [2.24, 2.45) is 0 Å². The summed E-state index contributed by atoms with van der Waals surface area (Å²) < 4.78 is 11.2. The summed E-state index contributed by atoms with van der Waals surface area (Å²) in [6.07, 6.45) is 0.525. The van der Waals surface area contributed by atoms with E-state index in [0.717, 1.165) is 38.0 Å². The van der Waals surface area contributed by atoms with Gasteiger partial charge in [0.05, 0.1) is 19.3 Å². The highest BCUT2D eigenvalue weighted by Gasteiger charge is 2.24. The molecule has 2 aliphatic rings. The fraction of sp³-hybridized carbons (Fsp3) is 0.684. The monoisotopic (exact) mass is 366 g/mol. The van der Waals surface area contributed by atoms with E-state index in [-0.39, 0.29) is 18.8 Å². The molecule has 7 heteroatoms. The maximum Gasteiger partial charge on any atom is 0.161 e. The van der Waals surface area contributed by atoms with Crippen molar-refractivity contribution in [3.8, 4) is 11.5 Å². The van der Waals surface area contributed by atoms with E-state index in [2.05, 4.69) is 9.80 Å². The summed E-state index contributed by atoms with van der Waals surface area (Å²) in [5, 5.41) is 29.1. The van der Waals surface area contributed by atoms with Crippen LogP contribution >= 0.6 is 0 Å². The highest BCUT2D eigenvalue weighted by Crippen LogP contribution is 2.29. The van der Waals surface area contributed by atoms with Crippen LogP contribution in [0.5, 0.6) is 11.5 Å². The number of hydrogen-bond donors (Lipinski definition) is 3. The Hall–Kier alpha value is -1.38. The second-order valence-corrected chi connectivity index (χ2v) is 7.33. The van der Waals surface area contributed by atoms with Gasteiger partial charge in [0.1, 0.15) is 12.7 Å². The highest BCUT2D eigenvalue weighted by atomic mass is 16.5. The van der Waals surface area contributed by atoms with Gasteiger partial charge in [0, 0.05) is 39.3 Å². The Morgan fingerprint density at radius 2 is 1.81 bits per heavy atom. The fourth-order valence-corrected chi connectivity index (χ4v) is 3.50. The number of aliphatic hydroxyl groups excluding tert-OH is 3. The van der Waals surface area contributed by atoms with Gasteiger partial charge in [0.2, 0.25) is 0 Å². The molecule has 0 bridgehead atoms. The van der Waals surface area contributed by atoms with Crippen molar-refractivity contribution >= 4 is 0 Å². The molecule has 2 heterocycles. The number of benzene rings is 1. The lowest BCUT2D eigenvalue weighted by molar-refractivity contribution is -0.00290. The maximum atomic E-state index is 10.2. The van der Waals surface area contributed by atoms with E-state index in [9.17, 15) is 15.3 Å². The van der Waals surface area contributed by atoms with Crippen molar-refractivity contribution in [2.75, 3.05) is 46.4 Å². The van der Waals surface area contributed by atoms with Gasteiger partial charge in [0.15, 0.2) is 11.5 Å². The van der Waals surface area contributed by atoms with Crippen molar-refractivity contribution in [3.05, 3.63) is 23.8 Å². The van der Waals surface area contributed by atoms with Gasteiger partial charge in [-0.15, -0.1) is 0 Å². The first-order valence-electron chi connectivity index (χ1n) is 9.32. The van der Waals surface area contributed by atoms with Crippen LogP contribution in [0, 0.1) is 0 Å². The molecule has 1 aromatic rings. The molecule has 26 heavy (non-hydrogen) atoms. The van der Waals surface area contributed by atoms with Crippen molar-refractivity contribution < 1.29 is 24.8 Å². The maximum absolute atomic E-state index is 10.2. The van der Waals surface area contributed by atoms with Crippen LogP contribution in [0.3, 0.4) is 0 Å². The second kappa shape index (κ2) is 9.01. The summed E-state index contributed by atoms with van der Waals surface area (Å²) in [5.41, 5.74) is 1.11. The number of hydrogen-bond acceptors (Lipinski definition) is 7. The molecule has 2 aliphatic heterocycles. The third kappa shape index (κ3) is 5.31. The Labute approximate surface area is 154 Å². The normalized spacial score (nSPS) is 21.4. The average Bonchev–Trinajstić information content (AvgIpc) is 2.61. The van der Waals surface area contributed by atoms with Crippen molar-refractivity contribution in [1.29, 1.82) is 0 Å². The number of nitrogens with zero attached hydrogens (tertiary/aromatic N) is 2. The van der Waals surface area contributed by atoms with Crippen molar-refractivity contribution in [3.63, 3.8) is 0 Å². The minimum absolute atomic E-state index is 0.201. The van der Waals surface area contributed by atoms with Crippen LogP contribution in [0.15, 0.2) is 18.2 Å². The van der Waals surface area contributed by atoms with Crippen LogP contribution in [-0.2, 0) is 6.54 Å². The molecule has 146 valence electrons. The molecule has 0 amide bonds. The first-order chi connectivity index (χ1) is 12.5. The van der Waals surface area contributed by atoms with Gasteiger partial charge in [-0.05, 0) is 30.5 Å². The molecule has 3 N–H and O–H groups in total. The number of methoxy groups -OCH3 is 1. The third-order valence-corrected chi connectivity index (χ3v) is 5.03. The summed E-state index contributed by atoms with van der Waals surface area (Å²) in [4.78, 5) is 4.32. The Balaban J connectivity index is 1.47. The van der Waals surface area contributed by atoms with Gasteiger partial charge in [-0.1, -0.05) is 6.07 Å². The lowest BCUT2D eigenvalue weighted by atomic mass is 10.1. The summed E-state index contributed by atoms with van der Waals surface area (Å²) in [7, 11) is 1.61. The summed E-state index contributed by atoms with van der Waals surface area (Å²) in [6, 6.07) is 5.80. The van der Waals surface area contributed by atoms with Gasteiger partial charge < -0.3 is 29.7 Å². The minimum Gasteiger partial charge on any atom is -0.493 e. The molecule has 2 saturated heterocycles. The number of ether oxygens (including phenoxy) is 2. The zero-order chi connectivity index (χ0) is 18.5. The largest absolute Gasteiger partial charge is 0.493 e. The van der Waals surface area contributed by atoms with Crippen molar-refractivity contribution in [1.82, 2.24) is 9.80 Å². The van der Waals surface area contributed by atoms with E-state index in [0.29, 0.717) is 31.1 Å². The Morgan fingerprint density at radius 3 is 2.46 bits per heavy atom. The quantitative estimate of drug-likeness (QED) is 0.600. The molecular formula is C19H30N2O5. The SMILES string of the molecule is COc1cc(CN2CC(O)C2)ccc1OC[C@@H](O)CN1CCC(O)CC1. The topological polar surface area (TPSA) is 85.6 Å². The lowest BCUT2D eigenvalue weighted by Crippen LogP contribution is -2.49. The molecule has 1 aromatic carbocycles. The number of likely N-dealkylation sites (tertiary alicyclic amines) is 2. The van der Waals surface area contributed by atoms with Crippen molar-refractivity contribution in [2.45, 2.75) is 37.7 Å². The van der Waals surface area contributed by atoms with Gasteiger partial charge in [-0.3, -0.25) is 4.90 Å².